The Balaban J connectivity index is 2.41. The molecule has 4 nitrogen and oxygen atoms in total. The third kappa shape index (κ3) is 3.58. The summed E-state index contributed by atoms with van der Waals surface area (Å²) in [5.41, 5.74) is 2.58. The molecule has 0 amide bonds. The molecule has 0 saturated heterocycles. The van der Waals surface area contributed by atoms with Crippen molar-refractivity contribution in [1.82, 2.24) is 0 Å². The smallest absolute Gasteiger partial charge is 0.229 e. The van der Waals surface area contributed by atoms with E-state index in [-0.39, 0.29) is 6.10 Å². The van der Waals surface area contributed by atoms with E-state index in [9.17, 15) is 8.42 Å². The van der Waals surface area contributed by atoms with Gasteiger partial charge in [0.15, 0.2) is 0 Å². The number of para-hydroxylation sites is 1. The predicted molar refractivity (Wildman–Crippen MR) is 77.5 cm³/mol. The Kier molecular flexibility index (Phi) is 4.27. The zero-order valence-corrected chi connectivity index (χ0v) is 12.0. The number of nitrogens with one attached hydrogen (secondary N) is 1. The van der Waals surface area contributed by atoms with E-state index >= 15 is 0 Å². The number of sulfonamides is 1. The molecule has 104 valence electrons. The van der Waals surface area contributed by atoms with Crippen LogP contribution in [0, 0.1) is 0 Å². The summed E-state index contributed by atoms with van der Waals surface area (Å²) in [7, 11) is -1.59. The van der Waals surface area contributed by atoms with Crippen LogP contribution in [0.3, 0.4) is 0 Å². The molecule has 1 aromatic carbocycles. The first-order valence-electron chi connectivity index (χ1n) is 6.31. The summed E-state index contributed by atoms with van der Waals surface area (Å²) in [5.74, 6) is 0. The topological polar surface area (TPSA) is 55.4 Å². The second kappa shape index (κ2) is 5.75. The van der Waals surface area contributed by atoms with Crippen molar-refractivity contribution in [3.63, 3.8) is 0 Å². The van der Waals surface area contributed by atoms with Crippen LogP contribution in [0.4, 0.5) is 5.69 Å². The van der Waals surface area contributed by atoms with Gasteiger partial charge in [0.05, 0.1) is 18.0 Å². The molecule has 19 heavy (non-hydrogen) atoms. The van der Waals surface area contributed by atoms with Crippen molar-refractivity contribution in [2.75, 3.05) is 18.1 Å². The monoisotopic (exact) mass is 281 g/mol. The van der Waals surface area contributed by atoms with E-state index in [1.54, 1.807) is 13.2 Å². The van der Waals surface area contributed by atoms with Crippen molar-refractivity contribution in [2.24, 2.45) is 0 Å². The lowest BCUT2D eigenvalue weighted by Crippen LogP contribution is -2.18. The summed E-state index contributed by atoms with van der Waals surface area (Å²) in [4.78, 5) is 0. The predicted octanol–water partition coefficient (Wildman–Crippen LogP) is 2.64. The molecule has 0 radical (unpaired) electrons. The summed E-state index contributed by atoms with van der Waals surface area (Å²) >= 11 is 0. The van der Waals surface area contributed by atoms with Gasteiger partial charge in [-0.25, -0.2) is 8.42 Å². The summed E-state index contributed by atoms with van der Waals surface area (Å²) < 4.78 is 30.9. The van der Waals surface area contributed by atoms with Crippen molar-refractivity contribution < 1.29 is 13.2 Å². The number of anilines is 1. The van der Waals surface area contributed by atoms with E-state index in [0.29, 0.717) is 5.69 Å². The van der Waals surface area contributed by atoms with E-state index in [1.165, 1.54) is 0 Å². The number of benzene rings is 1. The van der Waals surface area contributed by atoms with E-state index in [2.05, 4.69) is 10.8 Å². The largest absolute Gasteiger partial charge is 0.377 e. The Labute approximate surface area is 114 Å². The molecule has 1 atom stereocenters. The van der Waals surface area contributed by atoms with Gasteiger partial charge in [-0.15, -0.1) is 0 Å². The molecule has 0 heterocycles. The number of hydrogen-bond acceptors (Lipinski definition) is 3. The van der Waals surface area contributed by atoms with E-state index in [1.807, 2.05) is 18.2 Å². The van der Waals surface area contributed by atoms with Crippen molar-refractivity contribution in [2.45, 2.75) is 25.4 Å². The van der Waals surface area contributed by atoms with Crippen LogP contribution >= 0.6 is 0 Å². The van der Waals surface area contributed by atoms with E-state index < -0.39 is 10.0 Å². The van der Waals surface area contributed by atoms with Crippen molar-refractivity contribution in [3.8, 4) is 0 Å². The van der Waals surface area contributed by atoms with Crippen LogP contribution in [0.1, 0.15) is 24.8 Å². The first-order chi connectivity index (χ1) is 9.01. The van der Waals surface area contributed by atoms with Crippen molar-refractivity contribution in [3.05, 3.63) is 35.9 Å². The van der Waals surface area contributed by atoms with Gasteiger partial charge in [-0.3, -0.25) is 4.72 Å². The minimum absolute atomic E-state index is 0.0382. The zero-order valence-electron chi connectivity index (χ0n) is 11.2. The maximum Gasteiger partial charge on any atom is 0.229 e. The van der Waals surface area contributed by atoms with Crippen LogP contribution in [0.2, 0.25) is 0 Å². The summed E-state index contributed by atoms with van der Waals surface area (Å²) in [6.45, 7) is 0. The molecule has 1 N–H and O–H groups in total. The Morgan fingerprint density at radius 2 is 2.05 bits per heavy atom. The second-order valence-electron chi connectivity index (χ2n) is 4.73. The lowest BCUT2D eigenvalue weighted by atomic mass is 9.90. The Morgan fingerprint density at radius 3 is 2.74 bits per heavy atom. The second-order valence-corrected chi connectivity index (χ2v) is 6.48. The summed E-state index contributed by atoms with van der Waals surface area (Å²) in [6, 6.07) is 7.43. The Bertz CT molecular complexity index is 578. The summed E-state index contributed by atoms with van der Waals surface area (Å²) in [5, 5.41) is 0. The minimum atomic E-state index is -3.28. The standard InChI is InChI=1S/C14H19NO3S/c1-18-14-10-6-4-8-12(14)11-7-3-5-9-13(11)15-19(2,16)17/h3,5,7-9,14-15H,4,6,10H2,1-2H3. The third-order valence-electron chi connectivity index (χ3n) is 3.20. The van der Waals surface area contributed by atoms with Crippen molar-refractivity contribution in [1.29, 1.82) is 0 Å². The summed E-state index contributed by atoms with van der Waals surface area (Å²) in [6.07, 6.45) is 6.41. The molecule has 1 aliphatic carbocycles. The fraction of sp³-hybridized carbons (Fsp3) is 0.429. The Hall–Kier alpha value is -1.33. The van der Waals surface area contributed by atoms with E-state index in [4.69, 9.17) is 4.74 Å². The molecule has 1 aromatic rings. The van der Waals surface area contributed by atoms with Gasteiger partial charge in [-0.2, -0.15) is 0 Å². The number of methoxy groups -OCH3 is 1. The Morgan fingerprint density at radius 1 is 1.32 bits per heavy atom. The highest BCUT2D eigenvalue weighted by atomic mass is 32.2. The van der Waals surface area contributed by atoms with Crippen LogP contribution in [-0.2, 0) is 14.8 Å². The molecule has 1 aliphatic rings. The average Bonchev–Trinajstić information content (AvgIpc) is 2.37. The molecule has 2 rings (SSSR count). The molecule has 0 fully saturated rings. The minimum Gasteiger partial charge on any atom is -0.377 e. The van der Waals surface area contributed by atoms with Gasteiger partial charge in [0.25, 0.3) is 0 Å². The SMILES string of the molecule is COC1CCCC=C1c1ccccc1NS(C)(=O)=O. The molecule has 1 unspecified atom stereocenters. The fourth-order valence-electron chi connectivity index (χ4n) is 2.40. The van der Waals surface area contributed by atoms with Crippen LogP contribution in [0.25, 0.3) is 5.57 Å². The van der Waals surface area contributed by atoms with Crippen LogP contribution in [0.15, 0.2) is 30.3 Å². The average molecular weight is 281 g/mol. The molecule has 0 bridgehead atoms. The van der Waals surface area contributed by atoms with E-state index in [0.717, 1.165) is 36.7 Å². The maximum absolute atomic E-state index is 11.4. The van der Waals surface area contributed by atoms with Gasteiger partial charge in [-0.1, -0.05) is 24.3 Å². The number of rotatable bonds is 4. The lowest BCUT2D eigenvalue weighted by Gasteiger charge is -2.25. The first kappa shape index (κ1) is 14.1. The van der Waals surface area contributed by atoms with Gasteiger partial charge >= 0.3 is 0 Å². The van der Waals surface area contributed by atoms with Crippen molar-refractivity contribution >= 4 is 21.3 Å². The van der Waals surface area contributed by atoms with Gasteiger partial charge in [-0.05, 0) is 30.9 Å². The third-order valence-corrected chi connectivity index (χ3v) is 3.79. The highest BCUT2D eigenvalue weighted by molar-refractivity contribution is 7.92. The molecular formula is C14H19NO3S. The highest BCUT2D eigenvalue weighted by Gasteiger charge is 2.21. The molecule has 0 spiro atoms. The molecule has 0 saturated carbocycles. The van der Waals surface area contributed by atoms with Gasteiger partial charge < -0.3 is 4.74 Å². The highest BCUT2D eigenvalue weighted by Crippen LogP contribution is 2.33. The van der Waals surface area contributed by atoms with Gasteiger partial charge in [0.1, 0.15) is 0 Å². The molecule has 0 aromatic heterocycles. The van der Waals surface area contributed by atoms with Crippen LogP contribution < -0.4 is 4.72 Å². The number of allylic oxidation sites excluding steroid dienone is 1. The van der Waals surface area contributed by atoms with Crippen LogP contribution in [0.5, 0.6) is 0 Å². The number of ether oxygens (including phenoxy) is 1. The fourth-order valence-corrected chi connectivity index (χ4v) is 2.98. The van der Waals surface area contributed by atoms with Gasteiger partial charge in [0.2, 0.25) is 10.0 Å². The zero-order chi connectivity index (χ0) is 13.9. The lowest BCUT2D eigenvalue weighted by molar-refractivity contribution is 0.136. The van der Waals surface area contributed by atoms with Crippen LogP contribution in [-0.4, -0.2) is 27.9 Å². The number of hydrogen-bond donors (Lipinski definition) is 1. The maximum atomic E-state index is 11.4. The quantitative estimate of drug-likeness (QED) is 0.923. The molecule has 5 heteroatoms. The van der Waals surface area contributed by atoms with Gasteiger partial charge in [0, 0.05) is 12.7 Å². The normalized spacial score (nSPS) is 19.9. The molecule has 0 aliphatic heterocycles. The molecular weight excluding hydrogens is 262 g/mol. The first-order valence-corrected chi connectivity index (χ1v) is 8.20.